The molecule has 1 aromatic carbocycles. The normalized spacial score (nSPS) is 10.6. The molecule has 1 unspecified atom stereocenters. The Kier molecular flexibility index (Phi) is 10.5. The number of ketones is 1. The summed E-state index contributed by atoms with van der Waals surface area (Å²) in [7, 11) is 0. The predicted molar refractivity (Wildman–Crippen MR) is 86.1 cm³/mol. The topological polar surface area (TPSA) is 110 Å². The van der Waals surface area contributed by atoms with E-state index >= 15 is 0 Å². The van der Waals surface area contributed by atoms with Crippen LogP contribution in [0.1, 0.15) is 20.3 Å². The molecule has 0 aromatic heterocycles. The number of Topliss-reactive ketones (excluding diaryl/α,β-unsaturated/α-hetero) is 1. The average Bonchev–Trinajstić information content (AvgIpc) is 2.57. The fourth-order valence-electron chi connectivity index (χ4n) is 1.17. The number of phenols is 1. The molecule has 132 valence electrons. The number of aromatic hydroxyl groups is 1. The van der Waals surface area contributed by atoms with E-state index in [2.05, 4.69) is 16.1 Å². The molecule has 0 aliphatic carbocycles. The summed E-state index contributed by atoms with van der Waals surface area (Å²) in [5.74, 6) is -1.99. The Balaban J connectivity index is 0.000000620. The van der Waals surface area contributed by atoms with E-state index in [4.69, 9.17) is 5.11 Å². The van der Waals surface area contributed by atoms with Crippen LogP contribution in [-0.4, -0.2) is 47.3 Å². The third-order valence-corrected chi connectivity index (χ3v) is 2.47. The molecule has 0 amide bonds. The highest BCUT2D eigenvalue weighted by molar-refractivity contribution is 6.33. The second-order valence-corrected chi connectivity index (χ2v) is 4.74. The summed E-state index contributed by atoms with van der Waals surface area (Å²) in [6.45, 7) is 5.63. The zero-order valence-corrected chi connectivity index (χ0v) is 13.7. The van der Waals surface area contributed by atoms with Crippen molar-refractivity contribution in [1.82, 2.24) is 0 Å². The number of carbonyl (C=O) groups is 3. The number of esters is 2. The van der Waals surface area contributed by atoms with Crippen LogP contribution in [0.2, 0.25) is 0 Å². The molecule has 0 saturated heterocycles. The molecule has 0 bridgehead atoms. The molecule has 24 heavy (non-hydrogen) atoms. The predicted octanol–water partition coefficient (Wildman–Crippen LogP) is 1.38. The maximum atomic E-state index is 10.9. The van der Waals surface area contributed by atoms with Gasteiger partial charge in [0.05, 0.1) is 0 Å². The average molecular weight is 338 g/mol. The van der Waals surface area contributed by atoms with Crippen LogP contribution in [0.3, 0.4) is 0 Å². The van der Waals surface area contributed by atoms with Crippen molar-refractivity contribution in [3.8, 4) is 5.75 Å². The smallest absolute Gasteiger partial charge is 0.374 e. The highest BCUT2D eigenvalue weighted by atomic mass is 16.6. The standard InChI is InChI=1S/C11H16O6.C6H6O/c1-4-9(13)11(15)17-6-8(12)5-16-10(14)7(2)3;7-6-4-2-1-3-5-6/h8,12H,2,4-6H2,1,3H3;1-5,7H. The largest absolute Gasteiger partial charge is 0.508 e. The summed E-state index contributed by atoms with van der Waals surface area (Å²) in [6, 6.07) is 8.71. The Morgan fingerprint density at radius 1 is 1.08 bits per heavy atom. The van der Waals surface area contributed by atoms with Crippen molar-refractivity contribution < 1.29 is 34.1 Å². The molecular weight excluding hydrogens is 316 g/mol. The Labute approximate surface area is 140 Å². The van der Waals surface area contributed by atoms with Gasteiger partial charge in [0.15, 0.2) is 0 Å². The molecule has 1 atom stereocenters. The van der Waals surface area contributed by atoms with Crippen LogP contribution in [0, 0.1) is 0 Å². The first kappa shape index (κ1) is 21.3. The third-order valence-electron chi connectivity index (χ3n) is 2.47. The lowest BCUT2D eigenvalue weighted by Crippen LogP contribution is -2.27. The van der Waals surface area contributed by atoms with Crippen molar-refractivity contribution in [3.05, 3.63) is 42.5 Å². The van der Waals surface area contributed by atoms with E-state index < -0.39 is 30.4 Å². The van der Waals surface area contributed by atoms with E-state index in [-0.39, 0.29) is 18.6 Å². The molecule has 0 radical (unpaired) electrons. The van der Waals surface area contributed by atoms with Gasteiger partial charge in [0.25, 0.3) is 0 Å². The number of carbonyl (C=O) groups excluding carboxylic acids is 3. The van der Waals surface area contributed by atoms with E-state index in [1.807, 2.05) is 6.07 Å². The van der Waals surface area contributed by atoms with Gasteiger partial charge in [-0.25, -0.2) is 9.59 Å². The molecule has 0 spiro atoms. The Hall–Kier alpha value is -2.67. The van der Waals surface area contributed by atoms with Crippen molar-refractivity contribution in [2.24, 2.45) is 0 Å². The van der Waals surface area contributed by atoms with E-state index in [1.165, 1.54) is 13.8 Å². The Morgan fingerprint density at radius 3 is 1.96 bits per heavy atom. The highest BCUT2D eigenvalue weighted by Crippen LogP contribution is 2.02. The lowest BCUT2D eigenvalue weighted by molar-refractivity contribution is -0.157. The van der Waals surface area contributed by atoms with Crippen LogP contribution < -0.4 is 0 Å². The van der Waals surface area contributed by atoms with Crippen LogP contribution in [0.15, 0.2) is 42.5 Å². The molecular formula is C17H22O7. The molecule has 2 N–H and O–H groups in total. The maximum Gasteiger partial charge on any atom is 0.374 e. The van der Waals surface area contributed by atoms with E-state index in [0.717, 1.165) is 0 Å². The second-order valence-electron chi connectivity index (χ2n) is 4.74. The fourth-order valence-corrected chi connectivity index (χ4v) is 1.17. The molecule has 0 saturated carbocycles. The summed E-state index contributed by atoms with van der Waals surface area (Å²) >= 11 is 0. The number of hydrogen-bond donors (Lipinski definition) is 2. The maximum absolute atomic E-state index is 10.9. The molecule has 0 fully saturated rings. The quantitative estimate of drug-likeness (QED) is 0.439. The van der Waals surface area contributed by atoms with Crippen LogP contribution in [0.4, 0.5) is 0 Å². The molecule has 7 heteroatoms. The number of hydrogen-bond acceptors (Lipinski definition) is 7. The molecule has 1 rings (SSSR count). The summed E-state index contributed by atoms with van der Waals surface area (Å²) in [5.41, 5.74) is 0.204. The number of ether oxygens (including phenoxy) is 2. The Bertz CT molecular complexity index is 551. The molecule has 0 heterocycles. The lowest BCUT2D eigenvalue weighted by atomic mass is 10.3. The van der Waals surface area contributed by atoms with Crippen LogP contribution in [0.5, 0.6) is 5.75 Å². The zero-order valence-electron chi connectivity index (χ0n) is 13.7. The highest BCUT2D eigenvalue weighted by Gasteiger charge is 2.16. The minimum Gasteiger partial charge on any atom is -0.508 e. The summed E-state index contributed by atoms with van der Waals surface area (Å²) in [6.07, 6.45) is -1.12. The van der Waals surface area contributed by atoms with E-state index in [1.54, 1.807) is 24.3 Å². The third kappa shape index (κ3) is 10.1. The Morgan fingerprint density at radius 2 is 1.58 bits per heavy atom. The number of phenolic OH excluding ortho intramolecular Hbond substituents is 1. The van der Waals surface area contributed by atoms with Gasteiger partial charge in [-0.05, 0) is 19.1 Å². The fraction of sp³-hybridized carbons (Fsp3) is 0.353. The van der Waals surface area contributed by atoms with Crippen molar-refractivity contribution >= 4 is 17.7 Å². The summed E-state index contributed by atoms with van der Waals surface area (Å²) < 4.78 is 9.12. The van der Waals surface area contributed by atoms with Gasteiger partial charge >= 0.3 is 11.9 Å². The van der Waals surface area contributed by atoms with Crippen molar-refractivity contribution in [2.45, 2.75) is 26.4 Å². The molecule has 0 aliphatic rings. The number of para-hydroxylation sites is 1. The zero-order chi connectivity index (χ0) is 18.5. The van der Waals surface area contributed by atoms with Gasteiger partial charge in [0, 0.05) is 12.0 Å². The number of rotatable bonds is 7. The first-order valence-electron chi connectivity index (χ1n) is 7.22. The molecule has 0 aliphatic heterocycles. The second kappa shape index (κ2) is 11.8. The van der Waals surface area contributed by atoms with Gasteiger partial charge in [0.1, 0.15) is 25.1 Å². The minimum absolute atomic E-state index is 0.0412. The molecule has 7 nitrogen and oxygen atoms in total. The first-order valence-corrected chi connectivity index (χ1v) is 7.22. The van der Waals surface area contributed by atoms with Gasteiger partial charge < -0.3 is 19.7 Å². The SMILES string of the molecule is C=C(C)C(=O)OCC(O)COC(=O)C(=O)CC.Oc1ccccc1. The number of aliphatic hydroxyl groups excluding tert-OH is 1. The van der Waals surface area contributed by atoms with Gasteiger partial charge in [-0.2, -0.15) is 0 Å². The molecule has 1 aromatic rings. The van der Waals surface area contributed by atoms with Crippen molar-refractivity contribution in [3.63, 3.8) is 0 Å². The van der Waals surface area contributed by atoms with Crippen molar-refractivity contribution in [1.29, 1.82) is 0 Å². The monoisotopic (exact) mass is 338 g/mol. The summed E-state index contributed by atoms with van der Waals surface area (Å²) in [4.78, 5) is 32.7. The van der Waals surface area contributed by atoms with Gasteiger partial charge in [-0.15, -0.1) is 0 Å². The van der Waals surface area contributed by atoms with Crippen LogP contribution in [0.25, 0.3) is 0 Å². The van der Waals surface area contributed by atoms with Crippen LogP contribution in [-0.2, 0) is 23.9 Å². The summed E-state index contributed by atoms with van der Waals surface area (Å²) in [5, 5.41) is 17.9. The number of aliphatic hydroxyl groups is 1. The number of benzene rings is 1. The van der Waals surface area contributed by atoms with E-state index in [0.29, 0.717) is 5.75 Å². The van der Waals surface area contributed by atoms with E-state index in [9.17, 15) is 19.5 Å². The van der Waals surface area contributed by atoms with Crippen LogP contribution >= 0.6 is 0 Å². The minimum atomic E-state index is -1.16. The van der Waals surface area contributed by atoms with Gasteiger partial charge in [0.2, 0.25) is 5.78 Å². The first-order chi connectivity index (χ1) is 11.3. The lowest BCUT2D eigenvalue weighted by Gasteiger charge is -2.11. The van der Waals surface area contributed by atoms with Gasteiger partial charge in [-0.1, -0.05) is 31.7 Å². The van der Waals surface area contributed by atoms with Gasteiger partial charge in [-0.3, -0.25) is 4.79 Å². The van der Waals surface area contributed by atoms with Crippen molar-refractivity contribution in [2.75, 3.05) is 13.2 Å².